The zero-order valence-corrected chi connectivity index (χ0v) is 10.5. The Morgan fingerprint density at radius 2 is 1.94 bits per heavy atom. The van der Waals surface area contributed by atoms with Crippen molar-refractivity contribution >= 4 is 5.82 Å². The number of rotatable bonds is 4. The first-order valence-electron chi connectivity index (χ1n) is 6.06. The average Bonchev–Trinajstić information content (AvgIpc) is 2.59. The van der Waals surface area contributed by atoms with Gasteiger partial charge in [0.25, 0.3) is 0 Å². The maximum Gasteiger partial charge on any atom is 0.125 e. The molecule has 3 heteroatoms. The van der Waals surface area contributed by atoms with Gasteiger partial charge in [-0.2, -0.15) is 5.10 Å². The van der Waals surface area contributed by atoms with E-state index in [0.717, 1.165) is 30.8 Å². The van der Waals surface area contributed by atoms with Gasteiger partial charge in [0.15, 0.2) is 0 Å². The standard InChI is InChI=1S/C14H19N3/c1-3-7-13-12(14(15)17(2)16-13)10-11-8-5-4-6-9-11/h4-6,8-9H,3,7,10,15H2,1-2H3. The van der Waals surface area contributed by atoms with E-state index in [1.807, 2.05) is 13.1 Å². The molecule has 3 nitrogen and oxygen atoms in total. The Labute approximate surface area is 102 Å². The summed E-state index contributed by atoms with van der Waals surface area (Å²) in [5.74, 6) is 0.789. The summed E-state index contributed by atoms with van der Waals surface area (Å²) in [5, 5.41) is 4.49. The minimum absolute atomic E-state index is 0.789. The minimum atomic E-state index is 0.789. The Bertz CT molecular complexity index is 486. The molecule has 0 unspecified atom stereocenters. The molecular weight excluding hydrogens is 210 g/mol. The van der Waals surface area contributed by atoms with Crippen LogP contribution in [0.2, 0.25) is 0 Å². The highest BCUT2D eigenvalue weighted by Gasteiger charge is 2.13. The van der Waals surface area contributed by atoms with Crippen LogP contribution in [0.4, 0.5) is 5.82 Å². The number of nitrogens with zero attached hydrogens (tertiary/aromatic N) is 2. The second kappa shape index (κ2) is 5.04. The monoisotopic (exact) mass is 229 g/mol. The van der Waals surface area contributed by atoms with Crippen molar-refractivity contribution in [1.29, 1.82) is 0 Å². The summed E-state index contributed by atoms with van der Waals surface area (Å²) < 4.78 is 1.78. The second-order valence-electron chi connectivity index (χ2n) is 4.35. The molecule has 17 heavy (non-hydrogen) atoms. The summed E-state index contributed by atoms with van der Waals surface area (Å²) >= 11 is 0. The summed E-state index contributed by atoms with van der Waals surface area (Å²) in [5.41, 5.74) is 9.68. The third-order valence-corrected chi connectivity index (χ3v) is 2.99. The van der Waals surface area contributed by atoms with E-state index in [1.54, 1.807) is 4.68 Å². The fourth-order valence-electron chi connectivity index (χ4n) is 2.07. The van der Waals surface area contributed by atoms with Crippen LogP contribution in [0.5, 0.6) is 0 Å². The Morgan fingerprint density at radius 3 is 2.59 bits per heavy atom. The van der Waals surface area contributed by atoms with Gasteiger partial charge < -0.3 is 5.73 Å². The lowest BCUT2D eigenvalue weighted by Gasteiger charge is -2.03. The highest BCUT2D eigenvalue weighted by molar-refractivity contribution is 5.46. The van der Waals surface area contributed by atoms with Crippen molar-refractivity contribution in [2.24, 2.45) is 7.05 Å². The predicted molar refractivity (Wildman–Crippen MR) is 70.9 cm³/mol. The van der Waals surface area contributed by atoms with Gasteiger partial charge in [0.1, 0.15) is 5.82 Å². The molecule has 1 aromatic carbocycles. The smallest absolute Gasteiger partial charge is 0.125 e. The molecule has 2 rings (SSSR count). The van der Waals surface area contributed by atoms with Crippen molar-refractivity contribution in [3.63, 3.8) is 0 Å². The third kappa shape index (κ3) is 2.49. The first kappa shape index (κ1) is 11.7. The maximum absolute atomic E-state index is 6.08. The van der Waals surface area contributed by atoms with Crippen LogP contribution in [0.3, 0.4) is 0 Å². The van der Waals surface area contributed by atoms with Gasteiger partial charge >= 0.3 is 0 Å². The van der Waals surface area contributed by atoms with E-state index >= 15 is 0 Å². The van der Waals surface area contributed by atoms with Gasteiger partial charge in [-0.05, 0) is 12.0 Å². The fourth-order valence-corrected chi connectivity index (χ4v) is 2.07. The predicted octanol–water partition coefficient (Wildman–Crippen LogP) is 2.55. The zero-order chi connectivity index (χ0) is 12.3. The van der Waals surface area contributed by atoms with Gasteiger partial charge in [-0.1, -0.05) is 43.7 Å². The highest BCUT2D eigenvalue weighted by Crippen LogP contribution is 2.21. The number of benzene rings is 1. The van der Waals surface area contributed by atoms with Crippen molar-refractivity contribution in [2.75, 3.05) is 5.73 Å². The highest BCUT2D eigenvalue weighted by atomic mass is 15.3. The molecule has 0 amide bonds. The summed E-state index contributed by atoms with van der Waals surface area (Å²) in [6.07, 6.45) is 2.96. The topological polar surface area (TPSA) is 43.8 Å². The van der Waals surface area contributed by atoms with Crippen LogP contribution in [0.15, 0.2) is 30.3 Å². The van der Waals surface area contributed by atoms with Crippen LogP contribution in [-0.4, -0.2) is 9.78 Å². The number of aromatic nitrogens is 2. The molecule has 1 heterocycles. The SMILES string of the molecule is CCCc1nn(C)c(N)c1Cc1ccccc1. The van der Waals surface area contributed by atoms with Crippen LogP contribution >= 0.6 is 0 Å². The first-order valence-corrected chi connectivity index (χ1v) is 6.06. The summed E-state index contributed by atoms with van der Waals surface area (Å²) in [7, 11) is 1.91. The van der Waals surface area contributed by atoms with Crippen molar-refractivity contribution < 1.29 is 0 Å². The normalized spacial score (nSPS) is 10.7. The Morgan fingerprint density at radius 1 is 1.24 bits per heavy atom. The molecule has 0 aliphatic carbocycles. The molecule has 0 aliphatic heterocycles. The van der Waals surface area contributed by atoms with Gasteiger partial charge in [0.2, 0.25) is 0 Å². The molecule has 90 valence electrons. The summed E-state index contributed by atoms with van der Waals surface area (Å²) in [4.78, 5) is 0. The molecule has 0 atom stereocenters. The van der Waals surface area contributed by atoms with Gasteiger partial charge in [-0.25, -0.2) is 0 Å². The van der Waals surface area contributed by atoms with E-state index in [2.05, 4.69) is 36.3 Å². The minimum Gasteiger partial charge on any atom is -0.384 e. The lowest BCUT2D eigenvalue weighted by Crippen LogP contribution is -2.00. The van der Waals surface area contributed by atoms with Gasteiger partial charge in [-0.3, -0.25) is 4.68 Å². The number of nitrogen functional groups attached to an aromatic ring is 1. The van der Waals surface area contributed by atoms with E-state index in [4.69, 9.17) is 5.73 Å². The van der Waals surface area contributed by atoms with Gasteiger partial charge in [0.05, 0.1) is 5.69 Å². The molecule has 0 radical (unpaired) electrons. The Hall–Kier alpha value is -1.77. The van der Waals surface area contributed by atoms with Crippen molar-refractivity contribution in [3.05, 3.63) is 47.2 Å². The number of aryl methyl sites for hydroxylation is 2. The maximum atomic E-state index is 6.08. The molecule has 0 bridgehead atoms. The van der Waals surface area contributed by atoms with Crippen molar-refractivity contribution in [1.82, 2.24) is 9.78 Å². The molecule has 1 aromatic heterocycles. The van der Waals surface area contributed by atoms with Crippen LogP contribution < -0.4 is 5.73 Å². The number of hydrogen-bond donors (Lipinski definition) is 1. The number of anilines is 1. The molecule has 0 fully saturated rings. The zero-order valence-electron chi connectivity index (χ0n) is 10.5. The Kier molecular flexibility index (Phi) is 3.47. The third-order valence-electron chi connectivity index (χ3n) is 2.99. The van der Waals surface area contributed by atoms with Gasteiger partial charge in [0, 0.05) is 19.0 Å². The largest absolute Gasteiger partial charge is 0.384 e. The fraction of sp³-hybridized carbons (Fsp3) is 0.357. The Balaban J connectivity index is 2.31. The summed E-state index contributed by atoms with van der Waals surface area (Å²) in [6.45, 7) is 2.16. The van der Waals surface area contributed by atoms with Crippen molar-refractivity contribution in [2.45, 2.75) is 26.2 Å². The summed E-state index contributed by atoms with van der Waals surface area (Å²) in [6, 6.07) is 10.4. The van der Waals surface area contributed by atoms with E-state index < -0.39 is 0 Å². The molecule has 0 saturated carbocycles. The lowest BCUT2D eigenvalue weighted by atomic mass is 10.0. The van der Waals surface area contributed by atoms with Crippen molar-refractivity contribution in [3.8, 4) is 0 Å². The molecular formula is C14H19N3. The molecule has 0 aliphatic rings. The van der Waals surface area contributed by atoms with E-state index in [9.17, 15) is 0 Å². The number of hydrogen-bond acceptors (Lipinski definition) is 2. The van der Waals surface area contributed by atoms with E-state index in [1.165, 1.54) is 11.1 Å². The van der Waals surface area contributed by atoms with Crippen LogP contribution in [0, 0.1) is 0 Å². The first-order chi connectivity index (χ1) is 8.22. The molecule has 0 spiro atoms. The quantitative estimate of drug-likeness (QED) is 0.875. The molecule has 0 saturated heterocycles. The van der Waals surface area contributed by atoms with Crippen LogP contribution in [-0.2, 0) is 19.9 Å². The lowest BCUT2D eigenvalue weighted by molar-refractivity contribution is 0.740. The second-order valence-corrected chi connectivity index (χ2v) is 4.35. The number of nitrogens with two attached hydrogens (primary N) is 1. The molecule has 2 aromatic rings. The van der Waals surface area contributed by atoms with Crippen LogP contribution in [0.1, 0.15) is 30.2 Å². The van der Waals surface area contributed by atoms with E-state index in [-0.39, 0.29) is 0 Å². The van der Waals surface area contributed by atoms with E-state index in [0.29, 0.717) is 0 Å². The average molecular weight is 229 g/mol. The van der Waals surface area contributed by atoms with Gasteiger partial charge in [-0.15, -0.1) is 0 Å². The molecule has 2 N–H and O–H groups in total. The van der Waals surface area contributed by atoms with Crippen LogP contribution in [0.25, 0.3) is 0 Å².